The van der Waals surface area contributed by atoms with Crippen molar-refractivity contribution in [2.45, 2.75) is 12.4 Å². The summed E-state index contributed by atoms with van der Waals surface area (Å²) >= 11 is 5.81. The van der Waals surface area contributed by atoms with E-state index >= 15 is 0 Å². The number of nitrogens with zero attached hydrogens (tertiary/aromatic N) is 1. The van der Waals surface area contributed by atoms with Crippen molar-refractivity contribution in [3.8, 4) is 0 Å². The summed E-state index contributed by atoms with van der Waals surface area (Å²) in [5.74, 6) is 0.277. The zero-order valence-corrected chi connectivity index (χ0v) is 12.5. The molecule has 0 fully saturated rings. The van der Waals surface area contributed by atoms with Crippen molar-refractivity contribution in [2.75, 3.05) is 13.2 Å². The van der Waals surface area contributed by atoms with Gasteiger partial charge < -0.3 is 10.0 Å². The lowest BCUT2D eigenvalue weighted by Crippen LogP contribution is -2.33. The molecule has 0 spiro atoms. The average Bonchev–Trinajstić information content (AvgIpc) is 2.55. The average molecular weight is 304 g/mol. The second kappa shape index (κ2) is 7.81. The van der Waals surface area contributed by atoms with Crippen molar-refractivity contribution < 1.29 is 9.90 Å². The van der Waals surface area contributed by atoms with Crippen molar-refractivity contribution in [3.05, 3.63) is 71.3 Å². The summed E-state index contributed by atoms with van der Waals surface area (Å²) in [4.78, 5) is 14.2. The van der Waals surface area contributed by atoms with E-state index in [0.29, 0.717) is 24.5 Å². The highest BCUT2D eigenvalue weighted by atomic mass is 35.5. The van der Waals surface area contributed by atoms with Crippen LogP contribution in [0.15, 0.2) is 54.6 Å². The molecule has 0 atom stereocenters. The molecule has 0 radical (unpaired) electrons. The number of hydrogen-bond acceptors (Lipinski definition) is 2. The van der Waals surface area contributed by atoms with Gasteiger partial charge in [0.05, 0.1) is 6.61 Å². The summed E-state index contributed by atoms with van der Waals surface area (Å²) in [5, 5.41) is 9.20. The number of rotatable bonds is 6. The molecule has 0 saturated heterocycles. The Morgan fingerprint density at radius 2 is 1.76 bits per heavy atom. The summed E-state index contributed by atoms with van der Waals surface area (Å²) in [7, 11) is 0. The first-order chi connectivity index (χ1) is 10.2. The van der Waals surface area contributed by atoms with Gasteiger partial charge in [0.25, 0.3) is 5.91 Å². The predicted octanol–water partition coefficient (Wildman–Crippen LogP) is 3.06. The Morgan fingerprint density at radius 3 is 2.43 bits per heavy atom. The minimum Gasteiger partial charge on any atom is -0.395 e. The smallest absolute Gasteiger partial charge is 0.254 e. The molecule has 0 aliphatic heterocycles. The van der Waals surface area contributed by atoms with Crippen LogP contribution in [0.4, 0.5) is 0 Å². The maximum atomic E-state index is 12.6. The van der Waals surface area contributed by atoms with Gasteiger partial charge in [-0.2, -0.15) is 0 Å². The first kappa shape index (κ1) is 15.5. The fraction of sp³-hybridized carbons (Fsp3) is 0.235. The Kier molecular flexibility index (Phi) is 5.78. The molecule has 3 nitrogen and oxygen atoms in total. The van der Waals surface area contributed by atoms with Crippen LogP contribution in [0.5, 0.6) is 0 Å². The molecule has 0 bridgehead atoms. The normalized spacial score (nSPS) is 10.4. The molecule has 0 aliphatic carbocycles. The number of halogens is 1. The quantitative estimate of drug-likeness (QED) is 0.833. The van der Waals surface area contributed by atoms with Gasteiger partial charge in [0, 0.05) is 24.5 Å². The topological polar surface area (TPSA) is 40.5 Å². The first-order valence-electron chi connectivity index (χ1n) is 6.83. The summed E-state index contributed by atoms with van der Waals surface area (Å²) in [6.07, 6.45) is 0. The fourth-order valence-corrected chi connectivity index (χ4v) is 2.31. The van der Waals surface area contributed by atoms with Gasteiger partial charge in [-0.15, -0.1) is 11.6 Å². The second-order valence-electron chi connectivity index (χ2n) is 4.77. The number of aliphatic hydroxyl groups excluding tert-OH is 1. The third-order valence-corrected chi connectivity index (χ3v) is 3.51. The van der Waals surface area contributed by atoms with Gasteiger partial charge in [-0.1, -0.05) is 42.5 Å². The van der Waals surface area contributed by atoms with E-state index in [4.69, 9.17) is 11.6 Å². The Bertz CT molecular complexity index is 586. The molecule has 2 aromatic carbocycles. The van der Waals surface area contributed by atoms with E-state index in [1.807, 2.05) is 42.5 Å². The van der Waals surface area contributed by atoms with Gasteiger partial charge in [0.1, 0.15) is 0 Å². The summed E-state index contributed by atoms with van der Waals surface area (Å²) in [6.45, 7) is 0.720. The molecule has 110 valence electrons. The maximum Gasteiger partial charge on any atom is 0.254 e. The van der Waals surface area contributed by atoms with E-state index in [0.717, 1.165) is 11.1 Å². The zero-order chi connectivity index (χ0) is 15.1. The van der Waals surface area contributed by atoms with Gasteiger partial charge in [0.2, 0.25) is 0 Å². The van der Waals surface area contributed by atoms with Gasteiger partial charge in [0.15, 0.2) is 0 Å². The van der Waals surface area contributed by atoms with Crippen LogP contribution in [0, 0.1) is 0 Å². The van der Waals surface area contributed by atoms with Gasteiger partial charge in [-0.05, 0) is 23.3 Å². The molecule has 0 aromatic heterocycles. The highest BCUT2D eigenvalue weighted by Gasteiger charge is 2.15. The summed E-state index contributed by atoms with van der Waals surface area (Å²) in [6, 6.07) is 17.0. The van der Waals surface area contributed by atoms with Gasteiger partial charge in [-0.3, -0.25) is 4.79 Å². The van der Waals surface area contributed by atoms with E-state index in [-0.39, 0.29) is 12.5 Å². The van der Waals surface area contributed by atoms with Crippen LogP contribution >= 0.6 is 11.6 Å². The third kappa shape index (κ3) is 4.31. The van der Waals surface area contributed by atoms with Crippen LogP contribution in [0.1, 0.15) is 21.5 Å². The van der Waals surface area contributed by atoms with Crippen molar-refractivity contribution in [2.24, 2.45) is 0 Å². The SMILES string of the molecule is O=C(c1cccc(CCl)c1)N(CCO)Cc1ccccc1. The largest absolute Gasteiger partial charge is 0.395 e. The molecule has 2 rings (SSSR count). The number of carbonyl (C=O) groups is 1. The van der Waals surface area contributed by atoms with Gasteiger partial charge in [-0.25, -0.2) is 0 Å². The molecular weight excluding hydrogens is 286 g/mol. The molecule has 21 heavy (non-hydrogen) atoms. The van der Waals surface area contributed by atoms with Gasteiger partial charge >= 0.3 is 0 Å². The number of benzene rings is 2. The third-order valence-electron chi connectivity index (χ3n) is 3.20. The Labute approximate surface area is 129 Å². The van der Waals surface area contributed by atoms with Crippen molar-refractivity contribution in [1.82, 2.24) is 4.90 Å². The molecule has 0 heterocycles. The van der Waals surface area contributed by atoms with E-state index in [9.17, 15) is 9.90 Å². The number of aliphatic hydroxyl groups is 1. The van der Waals surface area contributed by atoms with E-state index in [1.165, 1.54) is 0 Å². The van der Waals surface area contributed by atoms with Crippen LogP contribution < -0.4 is 0 Å². The Morgan fingerprint density at radius 1 is 1.05 bits per heavy atom. The van der Waals surface area contributed by atoms with Crippen LogP contribution in [-0.4, -0.2) is 29.1 Å². The van der Waals surface area contributed by atoms with Crippen LogP contribution in [0.25, 0.3) is 0 Å². The van der Waals surface area contributed by atoms with Crippen LogP contribution in [0.3, 0.4) is 0 Å². The fourth-order valence-electron chi connectivity index (χ4n) is 2.15. The molecule has 1 amide bonds. The molecule has 2 aromatic rings. The Hall–Kier alpha value is -1.84. The van der Waals surface area contributed by atoms with E-state index < -0.39 is 0 Å². The minimum atomic E-state index is -0.0973. The standard InChI is InChI=1S/C17H18ClNO2/c18-12-15-7-4-8-16(11-15)17(21)19(9-10-20)13-14-5-2-1-3-6-14/h1-8,11,20H,9-10,12-13H2. The van der Waals surface area contributed by atoms with Crippen LogP contribution in [0.2, 0.25) is 0 Å². The van der Waals surface area contributed by atoms with E-state index in [1.54, 1.807) is 17.0 Å². The molecule has 0 unspecified atom stereocenters. The molecule has 0 aliphatic rings. The highest BCUT2D eigenvalue weighted by Crippen LogP contribution is 2.13. The zero-order valence-electron chi connectivity index (χ0n) is 11.7. The number of alkyl halides is 1. The number of carbonyl (C=O) groups excluding carboxylic acids is 1. The van der Waals surface area contributed by atoms with Crippen LogP contribution in [-0.2, 0) is 12.4 Å². The predicted molar refractivity (Wildman–Crippen MR) is 84.3 cm³/mol. The highest BCUT2D eigenvalue weighted by molar-refractivity contribution is 6.17. The second-order valence-corrected chi connectivity index (χ2v) is 5.04. The molecular formula is C17H18ClNO2. The van der Waals surface area contributed by atoms with Crippen molar-refractivity contribution >= 4 is 17.5 Å². The van der Waals surface area contributed by atoms with Crippen molar-refractivity contribution in [3.63, 3.8) is 0 Å². The lowest BCUT2D eigenvalue weighted by Gasteiger charge is -2.22. The molecule has 4 heteroatoms. The number of hydrogen-bond donors (Lipinski definition) is 1. The van der Waals surface area contributed by atoms with E-state index in [2.05, 4.69) is 0 Å². The lowest BCUT2D eigenvalue weighted by molar-refractivity contribution is 0.0708. The summed E-state index contributed by atoms with van der Waals surface area (Å²) in [5.41, 5.74) is 2.54. The lowest BCUT2D eigenvalue weighted by atomic mass is 10.1. The first-order valence-corrected chi connectivity index (χ1v) is 7.37. The minimum absolute atomic E-state index is 0.0617. The maximum absolute atomic E-state index is 12.6. The monoisotopic (exact) mass is 303 g/mol. The van der Waals surface area contributed by atoms with Crippen molar-refractivity contribution in [1.29, 1.82) is 0 Å². The number of amides is 1. The molecule has 0 saturated carbocycles. The summed E-state index contributed by atoms with van der Waals surface area (Å²) < 4.78 is 0. The Balaban J connectivity index is 2.18. The molecule has 1 N–H and O–H groups in total.